The van der Waals surface area contributed by atoms with Crippen molar-refractivity contribution in [1.29, 1.82) is 10.5 Å². The Balaban J connectivity index is 2.36. The number of benzene rings is 1. The van der Waals surface area contributed by atoms with E-state index in [0.29, 0.717) is 16.2 Å². The van der Waals surface area contributed by atoms with Crippen LogP contribution in [0.1, 0.15) is 11.1 Å². The van der Waals surface area contributed by atoms with Gasteiger partial charge in [0.2, 0.25) is 0 Å². The minimum Gasteiger partial charge on any atom is -0.383 e. The number of nitriles is 2. The summed E-state index contributed by atoms with van der Waals surface area (Å²) in [6.07, 6.45) is 3.87. The van der Waals surface area contributed by atoms with Crippen LogP contribution < -0.4 is 5.73 Å². The molecule has 106 valence electrons. The standard InChI is InChI=1S/C17H12N4S/c18-10-13-15(12-6-2-1-3-7-12)14(11-19)17(21-16(13)20)22-8-4-5-9-22/h1-9,22H,(H2,20,21). The third-order valence-electron chi connectivity index (χ3n) is 3.34. The molecule has 1 aromatic carbocycles. The number of anilines is 1. The van der Waals surface area contributed by atoms with Crippen LogP contribution in [0.3, 0.4) is 0 Å². The lowest BCUT2D eigenvalue weighted by atomic mass is 9.97. The molecule has 0 aliphatic carbocycles. The predicted octanol–water partition coefficient (Wildman–Crippen LogP) is 3.48. The van der Waals surface area contributed by atoms with Crippen LogP contribution in [0.25, 0.3) is 11.1 Å². The van der Waals surface area contributed by atoms with Crippen LogP contribution in [0.5, 0.6) is 0 Å². The van der Waals surface area contributed by atoms with Gasteiger partial charge >= 0.3 is 0 Å². The predicted molar refractivity (Wildman–Crippen MR) is 89.0 cm³/mol. The van der Waals surface area contributed by atoms with Gasteiger partial charge in [0, 0.05) is 5.56 Å². The number of pyridine rings is 1. The average molecular weight is 304 g/mol. The molecule has 1 aromatic heterocycles. The zero-order valence-electron chi connectivity index (χ0n) is 11.6. The number of hydrogen-bond acceptors (Lipinski definition) is 4. The number of nitrogens with two attached hydrogens (primary N) is 1. The van der Waals surface area contributed by atoms with Gasteiger partial charge in [-0.25, -0.2) is 4.98 Å². The van der Waals surface area contributed by atoms with Crippen molar-refractivity contribution in [3.05, 3.63) is 64.4 Å². The van der Waals surface area contributed by atoms with E-state index >= 15 is 0 Å². The fraction of sp³-hybridized carbons (Fsp3) is 0. The van der Waals surface area contributed by atoms with E-state index in [2.05, 4.69) is 17.1 Å². The Bertz CT molecular complexity index is 858. The van der Waals surface area contributed by atoms with Crippen molar-refractivity contribution < 1.29 is 0 Å². The second-order valence-electron chi connectivity index (χ2n) is 4.63. The van der Waals surface area contributed by atoms with Crippen molar-refractivity contribution in [3.8, 4) is 23.3 Å². The molecular weight excluding hydrogens is 292 g/mol. The van der Waals surface area contributed by atoms with Crippen LogP contribution in [-0.4, -0.2) is 4.98 Å². The summed E-state index contributed by atoms with van der Waals surface area (Å²) in [4.78, 5) is 4.34. The number of nitrogens with zero attached hydrogens (tertiary/aromatic N) is 3. The summed E-state index contributed by atoms with van der Waals surface area (Å²) in [5.74, 6) is 0.173. The summed E-state index contributed by atoms with van der Waals surface area (Å²) in [7, 11) is -0.791. The molecule has 0 unspecified atom stereocenters. The van der Waals surface area contributed by atoms with Gasteiger partial charge in [0.05, 0.1) is 5.56 Å². The Hall–Kier alpha value is -3.02. The molecule has 0 saturated carbocycles. The van der Waals surface area contributed by atoms with Crippen molar-refractivity contribution >= 4 is 16.7 Å². The van der Waals surface area contributed by atoms with Gasteiger partial charge in [0.1, 0.15) is 28.5 Å². The van der Waals surface area contributed by atoms with E-state index in [9.17, 15) is 10.5 Å². The maximum Gasteiger partial charge on any atom is 0.143 e. The molecule has 5 heteroatoms. The van der Waals surface area contributed by atoms with Crippen molar-refractivity contribution in [3.63, 3.8) is 0 Å². The highest BCUT2D eigenvalue weighted by molar-refractivity contribution is 8.22. The first-order chi connectivity index (χ1) is 10.8. The Kier molecular flexibility index (Phi) is 3.65. The fourth-order valence-corrected chi connectivity index (χ4v) is 3.96. The lowest BCUT2D eigenvalue weighted by Crippen LogP contribution is -2.04. The number of rotatable bonds is 2. The summed E-state index contributed by atoms with van der Waals surface area (Å²) in [5.41, 5.74) is 8.04. The smallest absolute Gasteiger partial charge is 0.143 e. The van der Waals surface area contributed by atoms with Crippen molar-refractivity contribution in [2.24, 2.45) is 0 Å². The third kappa shape index (κ3) is 2.24. The number of allylic oxidation sites excluding steroid dienone is 2. The molecule has 2 heterocycles. The van der Waals surface area contributed by atoms with E-state index in [-0.39, 0.29) is 11.4 Å². The zero-order valence-corrected chi connectivity index (χ0v) is 12.5. The van der Waals surface area contributed by atoms with Gasteiger partial charge in [-0.2, -0.15) is 21.4 Å². The SMILES string of the molecule is N#Cc1c(N)nc([SH]2C=CC=C2)c(C#N)c1-c1ccccc1. The second-order valence-corrected chi connectivity index (χ2v) is 6.46. The van der Waals surface area contributed by atoms with Gasteiger partial charge in [0.25, 0.3) is 0 Å². The molecule has 4 nitrogen and oxygen atoms in total. The average Bonchev–Trinajstić information content (AvgIpc) is 3.09. The zero-order chi connectivity index (χ0) is 15.5. The highest BCUT2D eigenvalue weighted by Crippen LogP contribution is 2.46. The maximum atomic E-state index is 9.65. The highest BCUT2D eigenvalue weighted by Gasteiger charge is 2.22. The molecule has 0 saturated heterocycles. The summed E-state index contributed by atoms with van der Waals surface area (Å²) < 4.78 is 0. The minimum atomic E-state index is -0.791. The van der Waals surface area contributed by atoms with Crippen molar-refractivity contribution in [1.82, 2.24) is 4.98 Å². The Morgan fingerprint density at radius 3 is 2.18 bits per heavy atom. The summed E-state index contributed by atoms with van der Waals surface area (Å²) in [6.45, 7) is 0. The Labute approximate surface area is 131 Å². The topological polar surface area (TPSA) is 86.5 Å². The molecule has 0 bridgehead atoms. The van der Waals surface area contributed by atoms with E-state index in [1.165, 1.54) is 0 Å². The number of nitrogen functional groups attached to an aromatic ring is 1. The molecule has 22 heavy (non-hydrogen) atoms. The monoisotopic (exact) mass is 304 g/mol. The first kappa shape index (κ1) is 13.9. The number of aromatic nitrogens is 1. The van der Waals surface area contributed by atoms with Crippen LogP contribution >= 0.6 is 10.9 Å². The third-order valence-corrected chi connectivity index (χ3v) is 5.14. The molecule has 0 amide bonds. The quantitative estimate of drug-likeness (QED) is 0.832. The molecule has 3 rings (SSSR count). The molecule has 2 aromatic rings. The molecule has 0 spiro atoms. The summed E-state index contributed by atoms with van der Waals surface area (Å²) in [5, 5.41) is 23.8. The molecule has 1 aliphatic heterocycles. The van der Waals surface area contributed by atoms with Gasteiger partial charge in [-0.15, -0.1) is 0 Å². The lowest BCUT2D eigenvalue weighted by molar-refractivity contribution is 1.12. The van der Waals surface area contributed by atoms with Gasteiger partial charge < -0.3 is 5.73 Å². The molecule has 0 fully saturated rings. The van der Waals surface area contributed by atoms with E-state index in [0.717, 1.165) is 5.56 Å². The number of thiol groups is 1. The van der Waals surface area contributed by atoms with Crippen LogP contribution in [0.2, 0.25) is 0 Å². The van der Waals surface area contributed by atoms with Crippen LogP contribution in [-0.2, 0) is 0 Å². The second kappa shape index (κ2) is 5.77. The molecule has 0 atom stereocenters. The van der Waals surface area contributed by atoms with Crippen molar-refractivity contribution in [2.75, 3.05) is 5.73 Å². The Morgan fingerprint density at radius 1 is 0.955 bits per heavy atom. The van der Waals surface area contributed by atoms with Crippen LogP contribution in [0.4, 0.5) is 5.82 Å². The normalized spacial score (nSPS) is 13.8. The van der Waals surface area contributed by atoms with Crippen molar-refractivity contribution in [2.45, 2.75) is 5.03 Å². The van der Waals surface area contributed by atoms with E-state index in [4.69, 9.17) is 5.73 Å². The molecular formula is C17H12N4S. The van der Waals surface area contributed by atoms with E-state index < -0.39 is 10.9 Å². The first-order valence-electron chi connectivity index (χ1n) is 6.58. The van der Waals surface area contributed by atoms with E-state index in [1.54, 1.807) is 0 Å². The van der Waals surface area contributed by atoms with E-state index in [1.807, 2.05) is 53.3 Å². The largest absolute Gasteiger partial charge is 0.383 e. The molecule has 1 aliphatic rings. The van der Waals surface area contributed by atoms with Gasteiger partial charge in [-0.05, 0) is 16.4 Å². The summed E-state index contributed by atoms with van der Waals surface area (Å²) >= 11 is 0. The molecule has 2 N–H and O–H groups in total. The van der Waals surface area contributed by atoms with Gasteiger partial charge in [-0.1, -0.05) is 42.5 Å². The first-order valence-corrected chi connectivity index (χ1v) is 8.06. The van der Waals surface area contributed by atoms with Crippen LogP contribution in [0.15, 0.2) is 58.3 Å². The maximum absolute atomic E-state index is 9.65. The minimum absolute atomic E-state index is 0.173. The Morgan fingerprint density at radius 2 is 1.59 bits per heavy atom. The van der Waals surface area contributed by atoms with Crippen LogP contribution in [0, 0.1) is 22.7 Å². The summed E-state index contributed by atoms with van der Waals surface area (Å²) in [6, 6.07) is 13.7. The fourth-order valence-electron chi connectivity index (χ4n) is 2.37. The van der Waals surface area contributed by atoms with Gasteiger partial charge in [-0.3, -0.25) is 0 Å². The lowest BCUT2D eigenvalue weighted by Gasteiger charge is -2.17. The van der Waals surface area contributed by atoms with Gasteiger partial charge in [0.15, 0.2) is 0 Å². The highest BCUT2D eigenvalue weighted by atomic mass is 32.2. The number of hydrogen-bond donors (Lipinski definition) is 2. The molecule has 0 radical (unpaired) electrons.